The van der Waals surface area contributed by atoms with E-state index in [2.05, 4.69) is 13.8 Å². The summed E-state index contributed by atoms with van der Waals surface area (Å²) in [5.41, 5.74) is 0.961. The Morgan fingerprint density at radius 3 is 2.14 bits per heavy atom. The van der Waals surface area contributed by atoms with Gasteiger partial charge in [0, 0.05) is 18.2 Å². The topological polar surface area (TPSA) is 40.5 Å². The van der Waals surface area contributed by atoms with Crippen LogP contribution in [0.25, 0.3) is 0 Å². The fraction of sp³-hybridized carbons (Fsp3) is 0.455. The molecule has 0 fully saturated rings. The highest BCUT2D eigenvalue weighted by atomic mass is 32.2. The summed E-state index contributed by atoms with van der Waals surface area (Å²) in [5, 5.41) is 18.2. The minimum absolute atomic E-state index is 0.304. The first-order valence-electron chi connectivity index (χ1n) is 4.74. The molecule has 1 rings (SSSR count). The molecule has 0 saturated heterocycles. The van der Waals surface area contributed by atoms with E-state index < -0.39 is 6.29 Å². The van der Waals surface area contributed by atoms with E-state index in [0.717, 1.165) is 5.56 Å². The van der Waals surface area contributed by atoms with E-state index in [9.17, 15) is 0 Å². The van der Waals surface area contributed by atoms with Gasteiger partial charge in [0.25, 0.3) is 0 Å². The molecular weight excluding hydrogens is 196 g/mol. The first-order chi connectivity index (χ1) is 6.58. The molecule has 0 bridgehead atoms. The lowest BCUT2D eigenvalue weighted by Crippen LogP contribution is -2.08. The third-order valence-corrected chi connectivity index (χ3v) is 2.87. The summed E-state index contributed by atoms with van der Waals surface area (Å²) in [6.45, 7) is 4.35. The lowest BCUT2D eigenvalue weighted by molar-refractivity contribution is -0.0381. The third-order valence-electron chi connectivity index (χ3n) is 1.76. The maximum absolute atomic E-state index is 8.77. The number of benzene rings is 1. The van der Waals surface area contributed by atoms with Crippen molar-refractivity contribution in [3.05, 3.63) is 29.8 Å². The molecule has 3 heteroatoms. The van der Waals surface area contributed by atoms with Gasteiger partial charge in [0.1, 0.15) is 5.25 Å². The molecule has 0 heterocycles. The highest BCUT2D eigenvalue weighted by Crippen LogP contribution is 2.10. The number of hydrogen-bond donors (Lipinski definition) is 2. The van der Waals surface area contributed by atoms with Crippen molar-refractivity contribution in [1.82, 2.24) is 0 Å². The molecule has 0 aromatic heterocycles. The molecule has 1 aromatic carbocycles. The Bertz CT molecular complexity index is 238. The molecular formula is C11H17O2S+. The zero-order valence-electron chi connectivity index (χ0n) is 8.51. The van der Waals surface area contributed by atoms with Crippen LogP contribution in [-0.4, -0.2) is 21.8 Å². The summed E-state index contributed by atoms with van der Waals surface area (Å²) >= 11 is 1.31. The molecule has 0 saturated carbocycles. The summed E-state index contributed by atoms with van der Waals surface area (Å²) in [4.78, 5) is 1.27. The van der Waals surface area contributed by atoms with E-state index >= 15 is 0 Å². The standard InChI is InChI=1S/C11H16O2S/c1-8(2)14-10-5-3-9(4-6-10)7-11(12)13/h3-6,8,11-13H,7H2,1-2H3/p+1. The molecule has 0 spiro atoms. The Labute approximate surface area is 89.0 Å². The third kappa shape index (κ3) is 4.13. The first-order valence-corrected chi connectivity index (χ1v) is 5.70. The van der Waals surface area contributed by atoms with Crippen molar-refractivity contribution in [2.45, 2.75) is 36.7 Å². The lowest BCUT2D eigenvalue weighted by Gasteiger charge is -2.03. The molecule has 0 amide bonds. The average molecular weight is 213 g/mol. The number of thiol groups is 1. The van der Waals surface area contributed by atoms with Gasteiger partial charge >= 0.3 is 0 Å². The summed E-state index contributed by atoms with van der Waals surface area (Å²) in [7, 11) is 0. The molecule has 2 N–H and O–H groups in total. The Balaban J connectivity index is 2.59. The maximum Gasteiger partial charge on any atom is 0.155 e. The Morgan fingerprint density at radius 2 is 1.71 bits per heavy atom. The van der Waals surface area contributed by atoms with Crippen LogP contribution in [0.4, 0.5) is 0 Å². The zero-order valence-corrected chi connectivity index (χ0v) is 9.41. The quantitative estimate of drug-likeness (QED) is 0.447. The van der Waals surface area contributed by atoms with Crippen molar-refractivity contribution >= 4 is 11.8 Å². The smallest absolute Gasteiger partial charge is 0.155 e. The number of rotatable bonds is 4. The monoisotopic (exact) mass is 213 g/mol. The Kier molecular flexibility index (Phi) is 4.45. The van der Waals surface area contributed by atoms with E-state index in [0.29, 0.717) is 11.7 Å². The van der Waals surface area contributed by atoms with Crippen LogP contribution in [0.3, 0.4) is 0 Å². The fourth-order valence-electron chi connectivity index (χ4n) is 1.23. The van der Waals surface area contributed by atoms with Gasteiger partial charge in [0.05, 0.1) is 0 Å². The number of aliphatic hydroxyl groups excluding tert-OH is 1. The van der Waals surface area contributed by atoms with Crippen LogP contribution in [0.15, 0.2) is 29.2 Å². The van der Waals surface area contributed by atoms with Gasteiger partial charge in [-0.2, -0.15) is 0 Å². The Morgan fingerprint density at radius 1 is 1.14 bits per heavy atom. The van der Waals surface area contributed by atoms with Gasteiger partial charge in [-0.1, -0.05) is 12.1 Å². The van der Waals surface area contributed by atoms with Crippen molar-refractivity contribution in [1.29, 1.82) is 0 Å². The minimum Gasteiger partial charge on any atom is -0.368 e. The van der Waals surface area contributed by atoms with Crippen LogP contribution in [0.2, 0.25) is 0 Å². The van der Waals surface area contributed by atoms with E-state index in [4.69, 9.17) is 10.2 Å². The van der Waals surface area contributed by atoms with Gasteiger partial charge in [-0.05, 0) is 31.5 Å². The largest absolute Gasteiger partial charge is 0.368 e. The van der Waals surface area contributed by atoms with E-state index in [1.807, 2.05) is 24.3 Å². The second-order valence-electron chi connectivity index (χ2n) is 3.57. The molecule has 0 aliphatic rings. The predicted octanol–water partition coefficient (Wildman–Crippen LogP) is 1.12. The van der Waals surface area contributed by atoms with Crippen LogP contribution >= 0.6 is 0 Å². The van der Waals surface area contributed by atoms with E-state index in [1.165, 1.54) is 16.7 Å². The van der Waals surface area contributed by atoms with Crippen molar-refractivity contribution < 1.29 is 10.2 Å². The van der Waals surface area contributed by atoms with E-state index in [1.54, 1.807) is 0 Å². The molecule has 78 valence electrons. The molecule has 1 aromatic rings. The second kappa shape index (κ2) is 5.39. The summed E-state index contributed by atoms with van der Waals surface area (Å²) in [6, 6.07) is 7.98. The van der Waals surface area contributed by atoms with E-state index in [-0.39, 0.29) is 0 Å². The summed E-state index contributed by atoms with van der Waals surface area (Å²) in [6.07, 6.45) is -0.942. The van der Waals surface area contributed by atoms with Gasteiger partial charge < -0.3 is 10.2 Å². The van der Waals surface area contributed by atoms with Gasteiger partial charge in [0.15, 0.2) is 11.2 Å². The summed E-state index contributed by atoms with van der Waals surface area (Å²) in [5.74, 6) is 0. The molecule has 0 atom stereocenters. The molecule has 0 unspecified atom stereocenters. The number of aliphatic hydroxyl groups is 2. The van der Waals surface area contributed by atoms with Crippen LogP contribution in [0, 0.1) is 0 Å². The van der Waals surface area contributed by atoms with Gasteiger partial charge in [-0.25, -0.2) is 0 Å². The summed E-state index contributed by atoms with van der Waals surface area (Å²) < 4.78 is 0. The van der Waals surface area contributed by atoms with Gasteiger partial charge in [0.2, 0.25) is 0 Å². The average Bonchev–Trinajstić information content (AvgIpc) is 2.06. The highest BCUT2D eigenvalue weighted by molar-refractivity contribution is 7.79. The SMILES string of the molecule is CC(C)[SH+]c1ccc(CC(O)O)cc1. The van der Waals surface area contributed by atoms with Crippen molar-refractivity contribution in [3.63, 3.8) is 0 Å². The molecule has 0 radical (unpaired) electrons. The molecule has 0 aliphatic heterocycles. The van der Waals surface area contributed by atoms with Crippen LogP contribution in [0.1, 0.15) is 19.4 Å². The predicted molar refractivity (Wildman–Crippen MR) is 60.5 cm³/mol. The molecule has 0 aliphatic carbocycles. The van der Waals surface area contributed by atoms with Crippen molar-refractivity contribution in [2.24, 2.45) is 0 Å². The van der Waals surface area contributed by atoms with Gasteiger partial charge in [-0.15, -0.1) is 0 Å². The minimum atomic E-state index is -1.25. The van der Waals surface area contributed by atoms with Gasteiger partial charge in [-0.3, -0.25) is 0 Å². The normalized spacial score (nSPS) is 11.3. The van der Waals surface area contributed by atoms with Crippen molar-refractivity contribution in [2.75, 3.05) is 0 Å². The number of hydrogen-bond acceptors (Lipinski definition) is 2. The first kappa shape index (κ1) is 11.6. The van der Waals surface area contributed by atoms with Crippen LogP contribution in [-0.2, 0) is 18.2 Å². The zero-order chi connectivity index (χ0) is 10.6. The molecule has 2 nitrogen and oxygen atoms in total. The Hall–Kier alpha value is -0.510. The van der Waals surface area contributed by atoms with Crippen LogP contribution in [0.5, 0.6) is 0 Å². The highest BCUT2D eigenvalue weighted by Gasteiger charge is 2.07. The second-order valence-corrected chi connectivity index (χ2v) is 5.38. The van der Waals surface area contributed by atoms with Crippen LogP contribution < -0.4 is 0 Å². The molecule has 14 heavy (non-hydrogen) atoms. The maximum atomic E-state index is 8.77. The fourth-order valence-corrected chi connectivity index (χ4v) is 2.14. The lowest BCUT2D eigenvalue weighted by atomic mass is 10.1. The van der Waals surface area contributed by atoms with Crippen molar-refractivity contribution in [3.8, 4) is 0 Å².